The van der Waals surface area contributed by atoms with Crippen LogP contribution in [0.3, 0.4) is 0 Å². The molecule has 1 aliphatic carbocycles. The highest BCUT2D eigenvalue weighted by Gasteiger charge is 2.24. The molecule has 1 aliphatic rings. The first-order valence-electron chi connectivity index (χ1n) is 6.89. The van der Waals surface area contributed by atoms with Crippen molar-refractivity contribution >= 4 is 5.82 Å². The van der Waals surface area contributed by atoms with Gasteiger partial charge in [0.25, 0.3) is 0 Å². The van der Waals surface area contributed by atoms with Crippen LogP contribution >= 0.6 is 0 Å². The molecule has 0 aromatic carbocycles. The Kier molecular flexibility index (Phi) is 4.35. The molecule has 3 heteroatoms. The van der Waals surface area contributed by atoms with Crippen LogP contribution in [0.1, 0.15) is 51.6 Å². The van der Waals surface area contributed by atoms with E-state index in [1.165, 1.54) is 25.7 Å². The summed E-state index contributed by atoms with van der Waals surface area (Å²) in [6.07, 6.45) is 9.16. The summed E-state index contributed by atoms with van der Waals surface area (Å²) in [7, 11) is 0. The van der Waals surface area contributed by atoms with Gasteiger partial charge in [-0.15, -0.1) is 0 Å². The van der Waals surface area contributed by atoms with Gasteiger partial charge in [0.1, 0.15) is 12.1 Å². The maximum atomic E-state index is 4.31. The minimum atomic E-state index is 0.576. The van der Waals surface area contributed by atoms with E-state index in [0.29, 0.717) is 6.04 Å². The third-order valence-corrected chi connectivity index (χ3v) is 3.39. The Bertz CT molecular complexity index is 347. The summed E-state index contributed by atoms with van der Waals surface area (Å²) in [5.74, 6) is 1.96. The molecule has 0 saturated heterocycles. The molecule has 0 aliphatic heterocycles. The van der Waals surface area contributed by atoms with Crippen molar-refractivity contribution in [3.8, 4) is 0 Å². The molecule has 1 atom stereocenters. The van der Waals surface area contributed by atoms with E-state index in [1.807, 2.05) is 0 Å². The normalized spacial score (nSPS) is 16.8. The Hall–Kier alpha value is -1.12. The number of nitrogens with zero attached hydrogens (tertiary/aromatic N) is 2. The van der Waals surface area contributed by atoms with Crippen LogP contribution in [0.15, 0.2) is 12.4 Å². The Balaban J connectivity index is 1.92. The Morgan fingerprint density at radius 3 is 2.82 bits per heavy atom. The first-order chi connectivity index (χ1) is 8.31. The van der Waals surface area contributed by atoms with E-state index in [4.69, 9.17) is 0 Å². The lowest BCUT2D eigenvalue weighted by Gasteiger charge is -2.17. The third-order valence-electron chi connectivity index (χ3n) is 3.39. The minimum absolute atomic E-state index is 0.576. The molecule has 1 unspecified atom stereocenters. The van der Waals surface area contributed by atoms with Gasteiger partial charge < -0.3 is 5.32 Å². The van der Waals surface area contributed by atoms with Crippen LogP contribution in [0.25, 0.3) is 0 Å². The van der Waals surface area contributed by atoms with Gasteiger partial charge in [0.2, 0.25) is 0 Å². The molecule has 1 fully saturated rings. The number of aromatic nitrogens is 2. The molecular formula is C14H23N3. The highest BCUT2D eigenvalue weighted by atomic mass is 15.0. The van der Waals surface area contributed by atoms with Crippen molar-refractivity contribution in [2.24, 2.45) is 5.92 Å². The molecule has 0 amide bonds. The fourth-order valence-electron chi connectivity index (χ4n) is 2.16. The van der Waals surface area contributed by atoms with Gasteiger partial charge in [-0.2, -0.15) is 0 Å². The van der Waals surface area contributed by atoms with Gasteiger partial charge in [-0.1, -0.05) is 33.1 Å². The zero-order valence-corrected chi connectivity index (χ0v) is 10.9. The van der Waals surface area contributed by atoms with Crippen molar-refractivity contribution in [3.63, 3.8) is 0 Å². The lowest BCUT2D eigenvalue weighted by molar-refractivity contribution is 0.585. The van der Waals surface area contributed by atoms with Crippen LogP contribution in [-0.2, 0) is 6.42 Å². The van der Waals surface area contributed by atoms with E-state index in [2.05, 4.69) is 35.2 Å². The van der Waals surface area contributed by atoms with Gasteiger partial charge in [0, 0.05) is 17.8 Å². The Labute approximate surface area is 104 Å². The van der Waals surface area contributed by atoms with Crippen molar-refractivity contribution in [1.82, 2.24) is 9.97 Å². The smallest absolute Gasteiger partial charge is 0.129 e. The first-order valence-corrected chi connectivity index (χ1v) is 6.89. The summed E-state index contributed by atoms with van der Waals surface area (Å²) in [5.41, 5.74) is 1.14. The lowest BCUT2D eigenvalue weighted by atomic mass is 10.1. The number of hydrogen-bond acceptors (Lipinski definition) is 3. The molecule has 1 saturated carbocycles. The predicted octanol–water partition coefficient (Wildman–Crippen LogP) is 3.42. The third kappa shape index (κ3) is 3.99. The minimum Gasteiger partial charge on any atom is -0.367 e. The highest BCUT2D eigenvalue weighted by Crippen LogP contribution is 2.34. The number of rotatable bonds is 7. The van der Waals surface area contributed by atoms with E-state index in [1.54, 1.807) is 6.33 Å². The van der Waals surface area contributed by atoms with E-state index in [9.17, 15) is 0 Å². The molecular weight excluding hydrogens is 210 g/mol. The maximum Gasteiger partial charge on any atom is 0.129 e. The van der Waals surface area contributed by atoms with Gasteiger partial charge in [-0.3, -0.25) is 0 Å². The lowest BCUT2D eigenvalue weighted by Crippen LogP contribution is -2.20. The second-order valence-corrected chi connectivity index (χ2v) is 5.07. The van der Waals surface area contributed by atoms with E-state index in [-0.39, 0.29) is 0 Å². The predicted molar refractivity (Wildman–Crippen MR) is 71.1 cm³/mol. The number of aryl methyl sites for hydroxylation is 1. The van der Waals surface area contributed by atoms with Gasteiger partial charge in [0.05, 0.1) is 0 Å². The van der Waals surface area contributed by atoms with Crippen LogP contribution in [0.4, 0.5) is 5.82 Å². The monoisotopic (exact) mass is 233 g/mol. The molecule has 1 aromatic heterocycles. The van der Waals surface area contributed by atoms with E-state index >= 15 is 0 Å². The molecule has 1 N–H and O–H groups in total. The summed E-state index contributed by atoms with van der Waals surface area (Å²) >= 11 is 0. The van der Waals surface area contributed by atoms with Gasteiger partial charge in [0.15, 0.2) is 0 Å². The quantitative estimate of drug-likeness (QED) is 0.784. The summed E-state index contributed by atoms with van der Waals surface area (Å²) in [4.78, 5) is 8.60. The van der Waals surface area contributed by atoms with Crippen LogP contribution in [0.2, 0.25) is 0 Å². The highest BCUT2D eigenvalue weighted by molar-refractivity contribution is 5.36. The first kappa shape index (κ1) is 12.3. The van der Waals surface area contributed by atoms with E-state index < -0.39 is 0 Å². The summed E-state index contributed by atoms with van der Waals surface area (Å²) in [5, 5.41) is 3.55. The van der Waals surface area contributed by atoms with Crippen LogP contribution < -0.4 is 5.32 Å². The number of anilines is 1. The number of hydrogen-bond donors (Lipinski definition) is 1. The molecule has 2 rings (SSSR count). The van der Waals surface area contributed by atoms with Crippen molar-refractivity contribution < 1.29 is 0 Å². The van der Waals surface area contributed by atoms with Crippen molar-refractivity contribution in [2.45, 2.75) is 58.4 Å². The standard InChI is InChI=1S/C14H23N3/c1-3-5-13-9-14(16-10-15-13)17-12(4-2)8-11-6-7-11/h9-12H,3-8H2,1-2H3,(H,15,16,17). The summed E-state index contributed by atoms with van der Waals surface area (Å²) < 4.78 is 0. The van der Waals surface area contributed by atoms with Crippen LogP contribution in [-0.4, -0.2) is 16.0 Å². The average Bonchev–Trinajstić information content (AvgIpc) is 3.13. The summed E-state index contributed by atoms with van der Waals surface area (Å²) in [6.45, 7) is 4.42. The molecule has 94 valence electrons. The van der Waals surface area contributed by atoms with Crippen LogP contribution in [0.5, 0.6) is 0 Å². The number of nitrogens with one attached hydrogen (secondary N) is 1. The zero-order valence-electron chi connectivity index (χ0n) is 10.9. The average molecular weight is 233 g/mol. The van der Waals surface area contributed by atoms with E-state index in [0.717, 1.165) is 30.3 Å². The second kappa shape index (κ2) is 5.99. The van der Waals surface area contributed by atoms with Crippen LogP contribution in [0, 0.1) is 5.92 Å². The second-order valence-electron chi connectivity index (χ2n) is 5.07. The largest absolute Gasteiger partial charge is 0.367 e. The molecule has 17 heavy (non-hydrogen) atoms. The molecule has 3 nitrogen and oxygen atoms in total. The van der Waals surface area contributed by atoms with Crippen molar-refractivity contribution in [1.29, 1.82) is 0 Å². The molecule has 0 radical (unpaired) electrons. The fraction of sp³-hybridized carbons (Fsp3) is 0.714. The van der Waals surface area contributed by atoms with Gasteiger partial charge >= 0.3 is 0 Å². The zero-order chi connectivity index (χ0) is 12.1. The molecule has 0 bridgehead atoms. The van der Waals surface area contributed by atoms with Gasteiger partial charge in [-0.05, 0) is 25.2 Å². The molecule has 1 heterocycles. The van der Waals surface area contributed by atoms with Crippen molar-refractivity contribution in [2.75, 3.05) is 5.32 Å². The Morgan fingerprint density at radius 1 is 1.35 bits per heavy atom. The van der Waals surface area contributed by atoms with Gasteiger partial charge in [-0.25, -0.2) is 9.97 Å². The summed E-state index contributed by atoms with van der Waals surface area (Å²) in [6, 6.07) is 2.67. The Morgan fingerprint density at radius 2 is 2.18 bits per heavy atom. The molecule has 1 aromatic rings. The topological polar surface area (TPSA) is 37.8 Å². The van der Waals surface area contributed by atoms with Crippen molar-refractivity contribution in [3.05, 3.63) is 18.1 Å². The fourth-order valence-corrected chi connectivity index (χ4v) is 2.16. The maximum absolute atomic E-state index is 4.31. The SMILES string of the molecule is CCCc1cc(NC(CC)CC2CC2)ncn1. The molecule has 0 spiro atoms.